The number of carbonyl (C=O) groups excluding carboxylic acids is 2. The van der Waals surface area contributed by atoms with E-state index in [4.69, 9.17) is 4.74 Å². The molecule has 9 heteroatoms. The van der Waals surface area contributed by atoms with Crippen LogP contribution in [0.25, 0.3) is 10.1 Å². The van der Waals surface area contributed by atoms with Gasteiger partial charge in [0.15, 0.2) is 0 Å². The first-order valence-corrected chi connectivity index (χ1v) is 10.8. The Morgan fingerprint density at radius 3 is 2.52 bits per heavy atom. The monoisotopic (exact) mass is 439 g/mol. The summed E-state index contributed by atoms with van der Waals surface area (Å²) in [6.45, 7) is 1.24. The van der Waals surface area contributed by atoms with Gasteiger partial charge in [-0.2, -0.15) is 0 Å². The standard InChI is InChI=1S/C22H25N5O3S/c1-25(2)21(29)19-18(15-7-5-6-8-17(15)31-19)16-13-27(9-10-30-16)20(28)14-11-23-22(24-12-14)26(3)4/h5-8,11-12,16H,9-10,13H2,1-4H3. The topological polar surface area (TPSA) is 78.9 Å². The SMILES string of the molecule is CN(C)C(=O)c1sc2ccccc2c1C1CN(C(=O)c2cnc(N(C)C)nc2)CCO1. The molecule has 162 valence electrons. The zero-order valence-electron chi connectivity index (χ0n) is 18.0. The lowest BCUT2D eigenvalue weighted by Crippen LogP contribution is -2.42. The van der Waals surface area contributed by atoms with E-state index < -0.39 is 0 Å². The number of morpholine rings is 1. The molecular weight excluding hydrogens is 414 g/mol. The third kappa shape index (κ3) is 4.11. The van der Waals surface area contributed by atoms with E-state index in [2.05, 4.69) is 9.97 Å². The van der Waals surface area contributed by atoms with Crippen molar-refractivity contribution in [3.63, 3.8) is 0 Å². The molecule has 1 aliphatic rings. The Hall–Kier alpha value is -3.04. The number of aromatic nitrogens is 2. The van der Waals surface area contributed by atoms with Gasteiger partial charge in [-0.05, 0) is 11.5 Å². The van der Waals surface area contributed by atoms with Crippen molar-refractivity contribution in [1.82, 2.24) is 19.8 Å². The first kappa shape index (κ1) is 21.2. The average molecular weight is 440 g/mol. The van der Waals surface area contributed by atoms with Crippen LogP contribution in [-0.4, -0.2) is 79.5 Å². The summed E-state index contributed by atoms with van der Waals surface area (Å²) in [4.78, 5) is 40.2. The molecule has 1 saturated heterocycles. The van der Waals surface area contributed by atoms with E-state index >= 15 is 0 Å². The minimum absolute atomic E-state index is 0.0593. The molecule has 3 heterocycles. The van der Waals surface area contributed by atoms with Crippen LogP contribution in [0, 0.1) is 0 Å². The van der Waals surface area contributed by atoms with Gasteiger partial charge in [0.2, 0.25) is 5.95 Å². The van der Waals surface area contributed by atoms with Crippen molar-refractivity contribution in [3.05, 3.63) is 52.7 Å². The Balaban J connectivity index is 1.64. The predicted molar refractivity (Wildman–Crippen MR) is 121 cm³/mol. The van der Waals surface area contributed by atoms with Gasteiger partial charge in [0.25, 0.3) is 11.8 Å². The van der Waals surface area contributed by atoms with Gasteiger partial charge in [0.05, 0.1) is 23.6 Å². The lowest BCUT2D eigenvalue weighted by molar-refractivity contribution is -0.0223. The number of benzene rings is 1. The van der Waals surface area contributed by atoms with Crippen LogP contribution < -0.4 is 4.90 Å². The van der Waals surface area contributed by atoms with E-state index in [1.165, 1.54) is 11.3 Å². The van der Waals surface area contributed by atoms with Gasteiger partial charge < -0.3 is 19.4 Å². The van der Waals surface area contributed by atoms with E-state index in [9.17, 15) is 9.59 Å². The second-order valence-electron chi connectivity index (χ2n) is 7.82. The van der Waals surface area contributed by atoms with E-state index in [-0.39, 0.29) is 17.9 Å². The minimum Gasteiger partial charge on any atom is -0.370 e. The summed E-state index contributed by atoms with van der Waals surface area (Å²) in [5.41, 5.74) is 1.29. The van der Waals surface area contributed by atoms with Gasteiger partial charge in [0, 0.05) is 57.4 Å². The average Bonchev–Trinajstić information content (AvgIpc) is 3.17. The third-order valence-corrected chi connectivity index (χ3v) is 6.37. The molecule has 1 aromatic carbocycles. The second kappa shape index (κ2) is 8.60. The fraction of sp³-hybridized carbons (Fsp3) is 0.364. The number of carbonyl (C=O) groups is 2. The molecule has 2 aromatic heterocycles. The fourth-order valence-electron chi connectivity index (χ4n) is 3.60. The van der Waals surface area contributed by atoms with Gasteiger partial charge in [-0.15, -0.1) is 11.3 Å². The quantitative estimate of drug-likeness (QED) is 0.622. The van der Waals surface area contributed by atoms with Crippen molar-refractivity contribution in [1.29, 1.82) is 0 Å². The Bertz CT molecular complexity index is 1110. The summed E-state index contributed by atoms with van der Waals surface area (Å²) >= 11 is 1.46. The molecule has 0 aliphatic carbocycles. The summed E-state index contributed by atoms with van der Waals surface area (Å²) in [5.74, 6) is 0.350. The van der Waals surface area contributed by atoms with Crippen LogP contribution in [0.1, 0.15) is 31.7 Å². The number of hydrogen-bond acceptors (Lipinski definition) is 7. The summed E-state index contributed by atoms with van der Waals surface area (Å²) < 4.78 is 7.10. The highest BCUT2D eigenvalue weighted by atomic mass is 32.1. The maximum Gasteiger partial charge on any atom is 0.263 e. The zero-order valence-corrected chi connectivity index (χ0v) is 18.8. The summed E-state index contributed by atoms with van der Waals surface area (Å²) in [7, 11) is 7.18. The Morgan fingerprint density at radius 2 is 1.84 bits per heavy atom. The normalized spacial score (nSPS) is 16.4. The number of thiophene rings is 1. The van der Waals surface area contributed by atoms with Crippen LogP contribution in [0.4, 0.5) is 5.95 Å². The second-order valence-corrected chi connectivity index (χ2v) is 8.87. The predicted octanol–water partition coefficient (Wildman–Crippen LogP) is 2.67. The zero-order chi connectivity index (χ0) is 22.1. The Labute approximate surface area is 185 Å². The molecule has 1 fully saturated rings. The number of hydrogen-bond donors (Lipinski definition) is 0. The maximum absolute atomic E-state index is 13.1. The van der Waals surface area contributed by atoms with Crippen molar-refractivity contribution < 1.29 is 14.3 Å². The molecule has 3 aromatic rings. The van der Waals surface area contributed by atoms with Gasteiger partial charge in [0.1, 0.15) is 6.10 Å². The summed E-state index contributed by atoms with van der Waals surface area (Å²) in [6, 6.07) is 7.93. The number of fused-ring (bicyclic) bond motifs is 1. The van der Waals surface area contributed by atoms with Crippen LogP contribution >= 0.6 is 11.3 Å². The molecule has 2 amide bonds. The Kier molecular flexibility index (Phi) is 5.88. The smallest absolute Gasteiger partial charge is 0.263 e. The first-order valence-electron chi connectivity index (χ1n) is 10.00. The molecule has 1 unspecified atom stereocenters. The number of rotatable bonds is 4. The molecule has 0 N–H and O–H groups in total. The number of nitrogens with zero attached hydrogens (tertiary/aromatic N) is 5. The number of anilines is 1. The van der Waals surface area contributed by atoms with Gasteiger partial charge in [-0.25, -0.2) is 9.97 Å². The molecular formula is C22H25N5O3S. The van der Waals surface area contributed by atoms with Gasteiger partial charge >= 0.3 is 0 Å². The number of amides is 2. The van der Waals surface area contributed by atoms with Crippen LogP contribution in [0.2, 0.25) is 0 Å². The molecule has 4 rings (SSSR count). The van der Waals surface area contributed by atoms with Crippen LogP contribution in [-0.2, 0) is 4.74 Å². The van der Waals surface area contributed by atoms with Gasteiger partial charge in [-0.3, -0.25) is 9.59 Å². The largest absolute Gasteiger partial charge is 0.370 e. The summed E-state index contributed by atoms with van der Waals surface area (Å²) in [5, 5.41) is 0.996. The van der Waals surface area contributed by atoms with Crippen molar-refractivity contribution in [2.45, 2.75) is 6.10 Å². The minimum atomic E-state index is -0.380. The van der Waals surface area contributed by atoms with E-state index in [0.29, 0.717) is 36.1 Å². The van der Waals surface area contributed by atoms with Gasteiger partial charge in [-0.1, -0.05) is 18.2 Å². The van der Waals surface area contributed by atoms with Crippen molar-refractivity contribution in [2.75, 3.05) is 52.8 Å². The molecule has 31 heavy (non-hydrogen) atoms. The molecule has 0 saturated carbocycles. The highest BCUT2D eigenvalue weighted by molar-refractivity contribution is 7.21. The van der Waals surface area contributed by atoms with E-state index in [1.54, 1.807) is 41.2 Å². The molecule has 1 atom stereocenters. The van der Waals surface area contributed by atoms with E-state index in [0.717, 1.165) is 15.6 Å². The van der Waals surface area contributed by atoms with Crippen LogP contribution in [0.15, 0.2) is 36.7 Å². The molecule has 8 nitrogen and oxygen atoms in total. The lowest BCUT2D eigenvalue weighted by Gasteiger charge is -2.33. The highest BCUT2D eigenvalue weighted by Gasteiger charge is 2.32. The fourth-order valence-corrected chi connectivity index (χ4v) is 4.88. The molecule has 0 radical (unpaired) electrons. The number of ether oxygens (including phenoxy) is 1. The van der Waals surface area contributed by atoms with Crippen molar-refractivity contribution in [2.24, 2.45) is 0 Å². The highest BCUT2D eigenvalue weighted by Crippen LogP contribution is 2.38. The van der Waals surface area contributed by atoms with Crippen LogP contribution in [0.3, 0.4) is 0 Å². The van der Waals surface area contributed by atoms with Crippen molar-refractivity contribution in [3.8, 4) is 0 Å². The molecule has 0 spiro atoms. The van der Waals surface area contributed by atoms with E-state index in [1.807, 2.05) is 38.4 Å². The molecule has 0 bridgehead atoms. The molecule has 1 aliphatic heterocycles. The maximum atomic E-state index is 13.1. The Morgan fingerprint density at radius 1 is 1.13 bits per heavy atom. The third-order valence-electron chi connectivity index (χ3n) is 5.20. The first-order chi connectivity index (χ1) is 14.9. The summed E-state index contributed by atoms with van der Waals surface area (Å²) in [6.07, 6.45) is 2.72. The van der Waals surface area contributed by atoms with Crippen molar-refractivity contribution >= 4 is 39.2 Å². The van der Waals surface area contributed by atoms with Crippen LogP contribution in [0.5, 0.6) is 0 Å². The lowest BCUT2D eigenvalue weighted by atomic mass is 10.0.